The fourth-order valence-electron chi connectivity index (χ4n) is 2.76. The van der Waals surface area contributed by atoms with Gasteiger partial charge >= 0.3 is 5.97 Å². The number of carbonyl (C=O) groups is 2. The van der Waals surface area contributed by atoms with Gasteiger partial charge in [0.05, 0.1) is 24.7 Å². The van der Waals surface area contributed by atoms with Crippen LogP contribution < -0.4 is 14.8 Å². The summed E-state index contributed by atoms with van der Waals surface area (Å²) in [7, 11) is 2.14. The van der Waals surface area contributed by atoms with Gasteiger partial charge in [0, 0.05) is 26.2 Å². The molecular weight excluding hydrogens is 424 g/mol. The van der Waals surface area contributed by atoms with Crippen molar-refractivity contribution >= 4 is 21.9 Å². The van der Waals surface area contributed by atoms with Crippen LogP contribution in [-0.2, 0) is 26.1 Å². The fourth-order valence-corrected chi connectivity index (χ4v) is 3.88. The summed E-state index contributed by atoms with van der Waals surface area (Å²) in [6.07, 6.45) is 0. The monoisotopic (exact) mass is 450 g/mol. The highest BCUT2D eigenvalue weighted by molar-refractivity contribution is 7.89. The second-order valence-electron chi connectivity index (χ2n) is 6.75. The lowest BCUT2D eigenvalue weighted by Crippen LogP contribution is -2.30. The predicted molar refractivity (Wildman–Crippen MR) is 114 cm³/mol. The lowest BCUT2D eigenvalue weighted by molar-refractivity contribution is -0.124. The van der Waals surface area contributed by atoms with Gasteiger partial charge in [-0.05, 0) is 30.7 Å². The van der Waals surface area contributed by atoms with E-state index in [1.54, 1.807) is 25.1 Å². The number of hydrogen-bond donors (Lipinski definition) is 1. The summed E-state index contributed by atoms with van der Waals surface area (Å²) >= 11 is 0. The van der Waals surface area contributed by atoms with E-state index in [9.17, 15) is 18.0 Å². The first-order chi connectivity index (χ1) is 14.6. The van der Waals surface area contributed by atoms with Crippen molar-refractivity contribution in [2.75, 3.05) is 34.9 Å². The van der Waals surface area contributed by atoms with Crippen molar-refractivity contribution in [2.24, 2.45) is 0 Å². The van der Waals surface area contributed by atoms with Gasteiger partial charge in [0.15, 0.2) is 6.61 Å². The molecule has 0 aromatic heterocycles. The smallest absolute Gasteiger partial charge is 0.338 e. The topological polar surface area (TPSA) is 111 Å². The van der Waals surface area contributed by atoms with Gasteiger partial charge in [0.1, 0.15) is 11.5 Å². The molecule has 0 saturated heterocycles. The van der Waals surface area contributed by atoms with Crippen LogP contribution in [0.5, 0.6) is 11.5 Å². The maximum Gasteiger partial charge on any atom is 0.338 e. The molecular formula is C21H26N2O7S. The Kier molecular flexibility index (Phi) is 8.01. The minimum absolute atomic E-state index is 0.0359. The van der Waals surface area contributed by atoms with Gasteiger partial charge in [-0.25, -0.2) is 17.5 Å². The highest BCUT2D eigenvalue weighted by Gasteiger charge is 2.21. The molecule has 0 aliphatic rings. The van der Waals surface area contributed by atoms with Crippen molar-refractivity contribution in [3.05, 3.63) is 53.1 Å². The molecule has 0 spiro atoms. The minimum Gasteiger partial charge on any atom is -0.496 e. The number of nitrogens with zero attached hydrogens (tertiary/aromatic N) is 1. The second-order valence-corrected chi connectivity index (χ2v) is 8.87. The van der Waals surface area contributed by atoms with E-state index in [1.165, 1.54) is 46.5 Å². The number of amides is 1. The summed E-state index contributed by atoms with van der Waals surface area (Å²) in [6, 6.07) is 9.35. The summed E-state index contributed by atoms with van der Waals surface area (Å²) in [5.41, 5.74) is 1.32. The first kappa shape index (κ1) is 24.2. The Morgan fingerprint density at radius 1 is 1.03 bits per heavy atom. The van der Waals surface area contributed by atoms with E-state index >= 15 is 0 Å². The quantitative estimate of drug-likeness (QED) is 0.579. The standard InChI is InChI=1S/C21H26N2O7S/c1-14-17(28-4)10-16(11-18(14)29-5)21(25)30-13-20(24)22-12-15-8-6-7-9-19(15)31(26,27)23(2)3/h6-11H,12-13H2,1-5H3,(H,22,24). The van der Waals surface area contributed by atoms with Crippen molar-refractivity contribution in [3.63, 3.8) is 0 Å². The lowest BCUT2D eigenvalue weighted by atomic mass is 10.1. The molecule has 0 unspecified atom stereocenters. The summed E-state index contributed by atoms with van der Waals surface area (Å²) in [4.78, 5) is 24.6. The molecule has 2 aromatic carbocycles. The first-order valence-electron chi connectivity index (χ1n) is 9.28. The predicted octanol–water partition coefficient (Wildman–Crippen LogP) is 1.74. The zero-order chi connectivity index (χ0) is 23.2. The molecule has 2 rings (SSSR count). The fraction of sp³-hybridized carbons (Fsp3) is 0.333. The molecule has 0 saturated carbocycles. The van der Waals surface area contributed by atoms with Crippen LogP contribution in [0.25, 0.3) is 0 Å². The van der Waals surface area contributed by atoms with E-state index in [4.69, 9.17) is 14.2 Å². The van der Waals surface area contributed by atoms with E-state index in [2.05, 4.69) is 5.32 Å². The maximum absolute atomic E-state index is 12.4. The number of hydrogen-bond acceptors (Lipinski definition) is 7. The summed E-state index contributed by atoms with van der Waals surface area (Å²) in [6.45, 7) is 1.22. The van der Waals surface area contributed by atoms with Gasteiger partial charge in [-0.2, -0.15) is 0 Å². The summed E-state index contributed by atoms with van der Waals surface area (Å²) < 4.78 is 41.5. The van der Waals surface area contributed by atoms with Gasteiger partial charge in [-0.15, -0.1) is 0 Å². The molecule has 0 heterocycles. The van der Waals surface area contributed by atoms with E-state index < -0.39 is 28.5 Å². The van der Waals surface area contributed by atoms with E-state index in [0.29, 0.717) is 17.1 Å². The number of esters is 1. The Balaban J connectivity index is 2.02. The Morgan fingerprint density at radius 3 is 2.16 bits per heavy atom. The molecule has 0 atom stereocenters. The van der Waals surface area contributed by atoms with Crippen LogP contribution in [0.4, 0.5) is 0 Å². The third-order valence-electron chi connectivity index (χ3n) is 4.53. The molecule has 1 amide bonds. The third-order valence-corrected chi connectivity index (χ3v) is 6.45. The van der Waals surface area contributed by atoms with E-state index in [-0.39, 0.29) is 17.0 Å². The van der Waals surface area contributed by atoms with Crippen molar-refractivity contribution in [3.8, 4) is 11.5 Å². The molecule has 10 heteroatoms. The molecule has 0 radical (unpaired) electrons. The average Bonchev–Trinajstić information content (AvgIpc) is 2.76. The van der Waals surface area contributed by atoms with Crippen LogP contribution in [0, 0.1) is 6.92 Å². The molecule has 2 aromatic rings. The van der Waals surface area contributed by atoms with Crippen molar-refractivity contribution in [2.45, 2.75) is 18.4 Å². The number of methoxy groups -OCH3 is 2. The van der Waals surface area contributed by atoms with Crippen molar-refractivity contribution in [1.82, 2.24) is 9.62 Å². The number of carbonyl (C=O) groups excluding carboxylic acids is 2. The van der Waals surface area contributed by atoms with Crippen LogP contribution in [0.1, 0.15) is 21.5 Å². The summed E-state index contributed by atoms with van der Waals surface area (Å²) in [5, 5.41) is 2.56. The van der Waals surface area contributed by atoms with Crippen LogP contribution in [-0.4, -0.2) is 59.5 Å². The number of sulfonamides is 1. The Bertz CT molecular complexity index is 1040. The van der Waals surface area contributed by atoms with E-state index in [1.807, 2.05) is 0 Å². The van der Waals surface area contributed by atoms with Crippen LogP contribution >= 0.6 is 0 Å². The average molecular weight is 451 g/mol. The largest absolute Gasteiger partial charge is 0.496 e. The van der Waals surface area contributed by atoms with Crippen LogP contribution in [0.3, 0.4) is 0 Å². The molecule has 0 bridgehead atoms. The maximum atomic E-state index is 12.4. The molecule has 0 aliphatic heterocycles. The zero-order valence-corrected chi connectivity index (χ0v) is 18.9. The molecule has 0 fully saturated rings. The molecule has 31 heavy (non-hydrogen) atoms. The van der Waals surface area contributed by atoms with Gasteiger partial charge in [-0.3, -0.25) is 4.79 Å². The van der Waals surface area contributed by atoms with Gasteiger partial charge < -0.3 is 19.5 Å². The van der Waals surface area contributed by atoms with Gasteiger partial charge in [0.2, 0.25) is 10.0 Å². The Morgan fingerprint density at radius 2 is 1.61 bits per heavy atom. The lowest BCUT2D eigenvalue weighted by Gasteiger charge is -2.15. The van der Waals surface area contributed by atoms with Crippen LogP contribution in [0.15, 0.2) is 41.3 Å². The zero-order valence-electron chi connectivity index (χ0n) is 18.1. The Hall–Kier alpha value is -3.11. The number of benzene rings is 2. The highest BCUT2D eigenvalue weighted by Crippen LogP contribution is 2.29. The third kappa shape index (κ3) is 5.74. The SMILES string of the molecule is COc1cc(C(=O)OCC(=O)NCc2ccccc2S(=O)(=O)N(C)C)cc(OC)c1C. The molecule has 0 aliphatic carbocycles. The molecule has 168 valence electrons. The van der Waals surface area contributed by atoms with Crippen LogP contribution in [0.2, 0.25) is 0 Å². The summed E-state index contributed by atoms with van der Waals surface area (Å²) in [5.74, 6) is -0.386. The van der Waals surface area contributed by atoms with Crippen molar-refractivity contribution < 1.29 is 32.2 Å². The van der Waals surface area contributed by atoms with Gasteiger partial charge in [0.25, 0.3) is 5.91 Å². The number of rotatable bonds is 9. The normalized spacial score (nSPS) is 11.2. The second kappa shape index (κ2) is 10.3. The van der Waals surface area contributed by atoms with E-state index in [0.717, 1.165) is 9.87 Å². The number of nitrogens with one attached hydrogen (secondary N) is 1. The number of ether oxygens (including phenoxy) is 3. The minimum atomic E-state index is -3.66. The highest BCUT2D eigenvalue weighted by atomic mass is 32.2. The van der Waals surface area contributed by atoms with Gasteiger partial charge in [-0.1, -0.05) is 18.2 Å². The molecule has 1 N–H and O–H groups in total. The molecule has 9 nitrogen and oxygen atoms in total. The first-order valence-corrected chi connectivity index (χ1v) is 10.7. The van der Waals surface area contributed by atoms with Crippen molar-refractivity contribution in [1.29, 1.82) is 0 Å². The Labute approximate surface area is 182 Å².